The minimum Gasteiger partial charge on any atom is -0.497 e. The van der Waals surface area contributed by atoms with Crippen LogP contribution in [0.5, 0.6) is 5.75 Å². The van der Waals surface area contributed by atoms with Gasteiger partial charge in [0.1, 0.15) is 11.3 Å². The molecule has 0 radical (unpaired) electrons. The Labute approximate surface area is 168 Å². The van der Waals surface area contributed by atoms with Crippen LogP contribution >= 0.6 is 23.2 Å². The molecule has 144 valence electrons. The highest BCUT2D eigenvalue weighted by atomic mass is 35.5. The van der Waals surface area contributed by atoms with E-state index in [0.717, 1.165) is 15.3 Å². The Morgan fingerprint density at radius 1 is 1.11 bits per heavy atom. The molecule has 0 spiro atoms. The van der Waals surface area contributed by atoms with E-state index >= 15 is 0 Å². The highest BCUT2D eigenvalue weighted by Crippen LogP contribution is 2.25. The highest BCUT2D eigenvalue weighted by molar-refractivity contribution is 6.42. The number of hydrogen-bond donors (Lipinski definition) is 1. The van der Waals surface area contributed by atoms with Gasteiger partial charge in [-0.2, -0.15) is 0 Å². The molecule has 28 heavy (non-hydrogen) atoms. The van der Waals surface area contributed by atoms with Gasteiger partial charge in [0.15, 0.2) is 0 Å². The number of hydrogen-bond acceptors (Lipinski definition) is 4. The average Bonchev–Trinajstić information content (AvgIpc) is 2.68. The van der Waals surface area contributed by atoms with Crippen molar-refractivity contribution in [3.05, 3.63) is 90.7 Å². The molecule has 0 aliphatic heterocycles. The van der Waals surface area contributed by atoms with Crippen molar-refractivity contribution in [1.82, 2.24) is 9.13 Å². The Bertz CT molecular complexity index is 1170. The van der Waals surface area contributed by atoms with Crippen molar-refractivity contribution in [2.45, 2.75) is 6.54 Å². The van der Waals surface area contributed by atoms with Crippen molar-refractivity contribution in [3.63, 3.8) is 0 Å². The molecule has 0 saturated carbocycles. The van der Waals surface area contributed by atoms with Crippen LogP contribution in [0.15, 0.2) is 58.3 Å². The van der Waals surface area contributed by atoms with Gasteiger partial charge in [-0.1, -0.05) is 35.3 Å². The first-order chi connectivity index (χ1) is 13.3. The molecule has 0 fully saturated rings. The quantitative estimate of drug-likeness (QED) is 0.684. The monoisotopic (exact) mass is 420 g/mol. The van der Waals surface area contributed by atoms with E-state index in [0.29, 0.717) is 17.0 Å². The van der Waals surface area contributed by atoms with Crippen LogP contribution in [0.1, 0.15) is 15.9 Å². The zero-order chi connectivity index (χ0) is 20.4. The molecule has 7 nitrogen and oxygen atoms in total. The minimum atomic E-state index is -1.45. The summed E-state index contributed by atoms with van der Waals surface area (Å²) >= 11 is 12.1. The summed E-state index contributed by atoms with van der Waals surface area (Å²) in [5, 5.41) is 9.85. The molecule has 0 atom stereocenters. The second kappa shape index (κ2) is 7.92. The van der Waals surface area contributed by atoms with Crippen LogP contribution in [-0.4, -0.2) is 27.3 Å². The summed E-state index contributed by atoms with van der Waals surface area (Å²) in [6, 6.07) is 11.2. The number of methoxy groups -OCH3 is 1. The third kappa shape index (κ3) is 3.67. The Balaban J connectivity index is 2.22. The minimum absolute atomic E-state index is 0.187. The summed E-state index contributed by atoms with van der Waals surface area (Å²) in [4.78, 5) is 37.1. The number of halogens is 2. The molecule has 0 aliphatic carbocycles. The van der Waals surface area contributed by atoms with E-state index in [4.69, 9.17) is 27.9 Å². The zero-order valence-corrected chi connectivity index (χ0v) is 16.1. The lowest BCUT2D eigenvalue weighted by atomic mass is 10.2. The number of aromatic nitrogens is 2. The van der Waals surface area contributed by atoms with Crippen molar-refractivity contribution in [2.75, 3.05) is 7.11 Å². The second-order valence-electron chi connectivity index (χ2n) is 5.80. The number of carboxylic acid groups (broad SMARTS) is 1. The van der Waals surface area contributed by atoms with Gasteiger partial charge in [0.05, 0.1) is 29.4 Å². The van der Waals surface area contributed by atoms with Gasteiger partial charge in [-0.15, -0.1) is 0 Å². The number of nitrogens with zero attached hydrogens (tertiary/aromatic N) is 2. The van der Waals surface area contributed by atoms with Gasteiger partial charge in [-0.05, 0) is 35.9 Å². The maximum absolute atomic E-state index is 12.9. The van der Waals surface area contributed by atoms with Gasteiger partial charge >= 0.3 is 11.7 Å². The van der Waals surface area contributed by atoms with Crippen molar-refractivity contribution < 1.29 is 14.6 Å². The molecule has 0 amide bonds. The van der Waals surface area contributed by atoms with E-state index in [1.54, 1.807) is 42.5 Å². The van der Waals surface area contributed by atoms with Gasteiger partial charge in [-0.3, -0.25) is 13.9 Å². The van der Waals surface area contributed by atoms with E-state index in [-0.39, 0.29) is 16.6 Å². The maximum Gasteiger partial charge on any atom is 0.342 e. The molecule has 1 aromatic heterocycles. The number of benzene rings is 2. The lowest BCUT2D eigenvalue weighted by Crippen LogP contribution is -2.42. The molecule has 0 unspecified atom stereocenters. The highest BCUT2D eigenvalue weighted by Gasteiger charge is 2.18. The predicted molar refractivity (Wildman–Crippen MR) is 105 cm³/mol. The maximum atomic E-state index is 12.9. The van der Waals surface area contributed by atoms with E-state index in [1.807, 2.05) is 0 Å². The molecule has 0 saturated heterocycles. The number of carboxylic acids is 1. The van der Waals surface area contributed by atoms with Gasteiger partial charge in [0, 0.05) is 6.20 Å². The van der Waals surface area contributed by atoms with Crippen LogP contribution in [0.3, 0.4) is 0 Å². The lowest BCUT2D eigenvalue weighted by Gasteiger charge is -2.13. The first-order valence-electron chi connectivity index (χ1n) is 8.00. The molecule has 3 aromatic rings. The summed E-state index contributed by atoms with van der Waals surface area (Å²) in [6.07, 6.45) is 1.00. The number of aromatic carboxylic acids is 1. The normalized spacial score (nSPS) is 10.7. The van der Waals surface area contributed by atoms with Crippen molar-refractivity contribution in [2.24, 2.45) is 0 Å². The zero-order valence-electron chi connectivity index (χ0n) is 14.6. The van der Waals surface area contributed by atoms with Crippen LogP contribution in [0.4, 0.5) is 0 Å². The summed E-state index contributed by atoms with van der Waals surface area (Å²) in [5.41, 5.74) is -1.40. The van der Waals surface area contributed by atoms with Crippen LogP contribution in [0.25, 0.3) is 5.69 Å². The summed E-state index contributed by atoms with van der Waals surface area (Å²) in [6.45, 7) is -0.228. The fraction of sp³-hybridized carbons (Fsp3) is 0.105. The van der Waals surface area contributed by atoms with Gasteiger partial charge in [-0.25, -0.2) is 9.59 Å². The van der Waals surface area contributed by atoms with Crippen LogP contribution in [0.2, 0.25) is 10.0 Å². The van der Waals surface area contributed by atoms with Crippen molar-refractivity contribution in [1.29, 1.82) is 0 Å². The fourth-order valence-corrected chi connectivity index (χ4v) is 3.04. The molecule has 9 heteroatoms. The van der Waals surface area contributed by atoms with Crippen molar-refractivity contribution in [3.8, 4) is 11.4 Å². The van der Waals surface area contributed by atoms with Gasteiger partial charge in [0.25, 0.3) is 5.56 Å². The van der Waals surface area contributed by atoms with Crippen molar-refractivity contribution >= 4 is 29.2 Å². The SMILES string of the molecule is COc1ccc(-n2cc(C(=O)O)c(=O)n(Cc3cccc(Cl)c3Cl)c2=O)cc1. The van der Waals surface area contributed by atoms with Crippen LogP contribution < -0.4 is 16.0 Å². The van der Waals surface area contributed by atoms with E-state index in [9.17, 15) is 19.5 Å². The topological polar surface area (TPSA) is 90.5 Å². The standard InChI is InChI=1S/C19H14Cl2N2O5/c1-28-13-7-5-12(6-8-13)22-10-14(18(25)26)17(24)23(19(22)27)9-11-3-2-4-15(20)16(11)21/h2-8,10H,9H2,1H3,(H,25,26). The third-order valence-electron chi connectivity index (χ3n) is 4.11. The van der Waals surface area contributed by atoms with E-state index in [1.165, 1.54) is 7.11 Å². The third-order valence-corrected chi connectivity index (χ3v) is 4.97. The van der Waals surface area contributed by atoms with E-state index < -0.39 is 22.8 Å². The van der Waals surface area contributed by atoms with Gasteiger partial charge < -0.3 is 9.84 Å². The van der Waals surface area contributed by atoms with Gasteiger partial charge in [0.2, 0.25) is 0 Å². The fourth-order valence-electron chi connectivity index (χ4n) is 2.66. The van der Waals surface area contributed by atoms with Crippen LogP contribution in [0, 0.1) is 0 Å². The summed E-state index contributed by atoms with van der Waals surface area (Å²) < 4.78 is 6.98. The number of ether oxygens (including phenoxy) is 1. The molecule has 0 bridgehead atoms. The average molecular weight is 421 g/mol. The summed E-state index contributed by atoms with van der Waals surface area (Å²) in [5.74, 6) is -0.882. The summed E-state index contributed by atoms with van der Waals surface area (Å²) in [7, 11) is 1.50. The smallest absolute Gasteiger partial charge is 0.342 e. The molecule has 1 N–H and O–H groups in total. The second-order valence-corrected chi connectivity index (χ2v) is 6.59. The Morgan fingerprint density at radius 2 is 1.79 bits per heavy atom. The Kier molecular flexibility index (Phi) is 5.58. The Hall–Kier alpha value is -3.03. The molecule has 2 aromatic carbocycles. The first-order valence-corrected chi connectivity index (χ1v) is 8.76. The molecule has 0 aliphatic rings. The molecular formula is C19H14Cl2N2O5. The number of rotatable bonds is 5. The molecule has 1 heterocycles. The van der Waals surface area contributed by atoms with E-state index in [2.05, 4.69) is 0 Å². The van der Waals surface area contributed by atoms with Crippen LogP contribution in [-0.2, 0) is 6.54 Å². The first kappa shape index (κ1) is 19.7. The number of carbonyl (C=O) groups is 1. The predicted octanol–water partition coefficient (Wildman–Crippen LogP) is 3.06. The molecular weight excluding hydrogens is 407 g/mol. The largest absolute Gasteiger partial charge is 0.497 e. The lowest BCUT2D eigenvalue weighted by molar-refractivity contribution is 0.0693. The Morgan fingerprint density at radius 3 is 2.39 bits per heavy atom. The molecule has 3 rings (SSSR count).